The molecule has 0 saturated carbocycles. The third-order valence-electron chi connectivity index (χ3n) is 8.06. The van der Waals surface area contributed by atoms with Gasteiger partial charge in [-0.3, -0.25) is 10.1 Å². The monoisotopic (exact) mass is 638 g/mol. The number of nitrogens with one attached hydrogen (secondary N) is 3. The molecule has 46 heavy (non-hydrogen) atoms. The molecule has 0 aliphatic carbocycles. The van der Waals surface area contributed by atoms with Crippen molar-refractivity contribution in [2.24, 2.45) is 0 Å². The highest BCUT2D eigenvalue weighted by Crippen LogP contribution is 2.38. The number of nitrogens with zero attached hydrogens (tertiary/aromatic N) is 5. The number of aryl methyl sites for hydroxylation is 2. The van der Waals surface area contributed by atoms with Crippen LogP contribution in [0.1, 0.15) is 16.7 Å². The van der Waals surface area contributed by atoms with E-state index < -0.39 is 14.9 Å². The van der Waals surface area contributed by atoms with Crippen LogP contribution >= 0.6 is 0 Å². The van der Waals surface area contributed by atoms with E-state index in [0.29, 0.717) is 41.0 Å². The van der Waals surface area contributed by atoms with E-state index in [0.717, 1.165) is 31.6 Å². The van der Waals surface area contributed by atoms with E-state index >= 15 is 0 Å². The second-order valence-corrected chi connectivity index (χ2v) is 13.3. The molecular weight excluding hydrogens is 604 g/mol. The van der Waals surface area contributed by atoms with E-state index in [9.17, 15) is 18.5 Å². The Morgan fingerprint density at radius 2 is 1.72 bits per heavy atom. The van der Waals surface area contributed by atoms with Crippen molar-refractivity contribution >= 4 is 55.0 Å². The van der Waals surface area contributed by atoms with Crippen molar-refractivity contribution in [3.05, 3.63) is 99.9 Å². The quantitative estimate of drug-likeness (QED) is 0.117. The first-order valence-electron chi connectivity index (χ1n) is 14.7. The third-order valence-corrected chi connectivity index (χ3v) is 9.74. The molecule has 0 fully saturated rings. The van der Waals surface area contributed by atoms with Crippen molar-refractivity contribution in [1.29, 1.82) is 0 Å². The average molecular weight is 639 g/mol. The summed E-state index contributed by atoms with van der Waals surface area (Å²) in [5.41, 5.74) is 5.64. The third kappa shape index (κ3) is 5.43. The van der Waals surface area contributed by atoms with Crippen molar-refractivity contribution in [3.63, 3.8) is 0 Å². The fraction of sp³-hybridized carbons (Fsp3) is 0.212. The zero-order valence-electron chi connectivity index (χ0n) is 26.1. The van der Waals surface area contributed by atoms with Crippen molar-refractivity contribution in [2.75, 3.05) is 38.3 Å². The average Bonchev–Trinajstić information content (AvgIpc) is 3.66. The van der Waals surface area contributed by atoms with Gasteiger partial charge in [0.15, 0.2) is 5.65 Å². The highest BCUT2D eigenvalue weighted by atomic mass is 32.2. The highest BCUT2D eigenvalue weighted by molar-refractivity contribution is 7.90. The predicted octanol–water partition coefficient (Wildman–Crippen LogP) is 6.23. The van der Waals surface area contributed by atoms with Gasteiger partial charge in [-0.25, -0.2) is 17.4 Å². The van der Waals surface area contributed by atoms with Crippen molar-refractivity contribution in [1.82, 2.24) is 23.8 Å². The van der Waals surface area contributed by atoms with Gasteiger partial charge >= 0.3 is 0 Å². The first-order chi connectivity index (χ1) is 22.0. The summed E-state index contributed by atoms with van der Waals surface area (Å²) in [4.78, 5) is 26.9. The SMILES string of the molecule is CNc1ccc(Nc2nc(-c3c[nH]c4c(C)cccc34)c3ccn(S(=O)(=O)c4ccc(C)cc4)c3n2)c(CCN(C)C)c1[N+](=O)[O-]. The van der Waals surface area contributed by atoms with Gasteiger partial charge in [-0.1, -0.05) is 35.9 Å². The maximum Gasteiger partial charge on any atom is 0.297 e. The molecule has 3 heterocycles. The highest BCUT2D eigenvalue weighted by Gasteiger charge is 2.26. The van der Waals surface area contributed by atoms with Crippen LogP contribution in [0.3, 0.4) is 0 Å². The molecule has 0 amide bonds. The van der Waals surface area contributed by atoms with Gasteiger partial charge in [0.1, 0.15) is 5.69 Å². The van der Waals surface area contributed by atoms with Crippen LogP contribution in [0.15, 0.2) is 78.0 Å². The van der Waals surface area contributed by atoms with Gasteiger partial charge < -0.3 is 20.5 Å². The molecule has 0 radical (unpaired) electrons. The molecule has 13 heteroatoms. The molecule has 3 aromatic heterocycles. The molecule has 0 aliphatic rings. The van der Waals surface area contributed by atoms with Gasteiger partial charge in [0, 0.05) is 47.8 Å². The summed E-state index contributed by atoms with van der Waals surface area (Å²) in [6, 6.07) is 17.7. The lowest BCUT2D eigenvalue weighted by Crippen LogP contribution is -2.17. The number of hydrogen-bond donors (Lipinski definition) is 3. The Bertz CT molecular complexity index is 2220. The lowest BCUT2D eigenvalue weighted by Gasteiger charge is -2.17. The molecular formula is C33H34N8O4S. The second kappa shape index (κ2) is 11.9. The van der Waals surface area contributed by atoms with E-state index in [-0.39, 0.29) is 22.2 Å². The van der Waals surface area contributed by atoms with E-state index in [2.05, 4.69) is 15.6 Å². The Balaban J connectivity index is 1.59. The number of para-hydroxylation sites is 1. The van der Waals surface area contributed by atoms with Crippen molar-refractivity contribution in [2.45, 2.75) is 25.2 Å². The lowest BCUT2D eigenvalue weighted by atomic mass is 10.0. The molecule has 12 nitrogen and oxygen atoms in total. The Labute approximate surface area is 266 Å². The number of hydrogen-bond acceptors (Lipinski definition) is 9. The van der Waals surface area contributed by atoms with Crippen LogP contribution in [0.5, 0.6) is 0 Å². The number of likely N-dealkylation sites (N-methyl/N-ethyl adjacent to an activating group) is 1. The zero-order valence-corrected chi connectivity index (χ0v) is 26.9. The van der Waals surface area contributed by atoms with Crippen LogP contribution in [0.25, 0.3) is 33.2 Å². The molecule has 0 bridgehead atoms. The molecule has 236 valence electrons. The van der Waals surface area contributed by atoms with E-state index in [4.69, 9.17) is 9.97 Å². The molecule has 6 aromatic rings. The minimum atomic E-state index is -4.03. The summed E-state index contributed by atoms with van der Waals surface area (Å²) in [5.74, 6) is 0.0983. The van der Waals surface area contributed by atoms with E-state index in [1.54, 1.807) is 49.5 Å². The van der Waals surface area contributed by atoms with Gasteiger partial charge in [-0.2, -0.15) is 4.98 Å². The number of benzene rings is 3. The topological polar surface area (TPSA) is 151 Å². The van der Waals surface area contributed by atoms with Crippen LogP contribution in [0.4, 0.5) is 23.0 Å². The molecule has 0 unspecified atom stereocenters. The minimum absolute atomic E-state index is 0.0481. The van der Waals surface area contributed by atoms with Gasteiger partial charge in [-0.15, -0.1) is 0 Å². The Kier molecular flexibility index (Phi) is 7.96. The molecule has 0 atom stereocenters. The Morgan fingerprint density at radius 1 is 0.978 bits per heavy atom. The van der Waals surface area contributed by atoms with Gasteiger partial charge in [-0.05, 0) is 70.3 Å². The largest absolute Gasteiger partial charge is 0.383 e. The number of H-pyrrole nitrogens is 1. The summed E-state index contributed by atoms with van der Waals surface area (Å²) in [6.45, 7) is 4.45. The van der Waals surface area contributed by atoms with Crippen LogP contribution in [0.2, 0.25) is 0 Å². The number of nitro groups is 1. The number of aromatic nitrogens is 4. The fourth-order valence-corrected chi connectivity index (χ4v) is 6.94. The molecule has 0 spiro atoms. The standard InChI is InChI=1S/C33H34N8O4S/c1-20-9-11-22(12-10-20)46(44,45)40-18-16-25-30(26-19-35-29-21(2)7-6-8-23(26)29)37-33(38-32(25)40)36-27-13-14-28(34-3)31(41(42)43)24(27)15-17-39(4)5/h6-14,16,18-19,34-35H,15,17H2,1-5H3,(H,36,37,38). The Morgan fingerprint density at radius 3 is 2.41 bits per heavy atom. The number of aromatic amines is 1. The molecule has 0 saturated heterocycles. The first kappa shape index (κ1) is 30.7. The van der Waals surface area contributed by atoms with Gasteiger partial charge in [0.05, 0.1) is 26.8 Å². The van der Waals surface area contributed by atoms with Crippen LogP contribution < -0.4 is 10.6 Å². The van der Waals surface area contributed by atoms with Crippen molar-refractivity contribution in [3.8, 4) is 11.3 Å². The molecule has 3 N–H and O–H groups in total. The van der Waals surface area contributed by atoms with Gasteiger partial charge in [0.2, 0.25) is 5.95 Å². The number of anilines is 3. The first-order valence-corrected chi connectivity index (χ1v) is 16.1. The molecule has 3 aromatic carbocycles. The maximum absolute atomic E-state index is 13.9. The summed E-state index contributed by atoms with van der Waals surface area (Å²) >= 11 is 0. The van der Waals surface area contributed by atoms with E-state index in [1.807, 2.05) is 57.2 Å². The normalized spacial score (nSPS) is 11.9. The molecule has 6 rings (SSSR count). The smallest absolute Gasteiger partial charge is 0.297 e. The number of rotatable bonds is 10. The zero-order chi connectivity index (χ0) is 32.7. The van der Waals surface area contributed by atoms with E-state index in [1.165, 1.54) is 6.20 Å². The lowest BCUT2D eigenvalue weighted by molar-refractivity contribution is -0.384. The second-order valence-electron chi connectivity index (χ2n) is 11.4. The van der Waals surface area contributed by atoms with Crippen LogP contribution in [-0.2, 0) is 16.4 Å². The summed E-state index contributed by atoms with van der Waals surface area (Å²) in [7, 11) is 1.41. The van der Waals surface area contributed by atoms with Crippen LogP contribution in [-0.4, -0.2) is 64.9 Å². The summed E-state index contributed by atoms with van der Waals surface area (Å²) in [5, 5.41) is 19.9. The summed E-state index contributed by atoms with van der Waals surface area (Å²) < 4.78 is 29.0. The fourth-order valence-electron chi connectivity index (χ4n) is 5.65. The van der Waals surface area contributed by atoms with Crippen LogP contribution in [0, 0.1) is 24.0 Å². The van der Waals surface area contributed by atoms with Gasteiger partial charge in [0.25, 0.3) is 15.7 Å². The van der Waals surface area contributed by atoms with Crippen molar-refractivity contribution < 1.29 is 13.3 Å². The number of fused-ring (bicyclic) bond motifs is 2. The predicted molar refractivity (Wildman–Crippen MR) is 182 cm³/mol. The number of nitro benzene ring substituents is 1. The maximum atomic E-state index is 13.9. The molecule has 0 aliphatic heterocycles. The Hall–Kier alpha value is -5.27. The minimum Gasteiger partial charge on any atom is -0.383 e. The summed E-state index contributed by atoms with van der Waals surface area (Å²) in [6.07, 6.45) is 3.71.